The Kier molecular flexibility index (Phi) is 5.37. The summed E-state index contributed by atoms with van der Waals surface area (Å²) in [6, 6.07) is -0.461. The second kappa shape index (κ2) is 7.04. The number of hydrogen-bond acceptors (Lipinski definition) is 4. The van der Waals surface area contributed by atoms with Crippen LogP contribution in [0.2, 0.25) is 0 Å². The molecule has 0 saturated carbocycles. The van der Waals surface area contributed by atoms with Gasteiger partial charge in [0, 0.05) is 39.1 Å². The first-order valence-electron chi connectivity index (χ1n) is 7.55. The van der Waals surface area contributed by atoms with E-state index in [1.54, 1.807) is 6.92 Å². The SMILES string of the molecule is CC(C(=O)O)N1CCN(C(=O)CCN2CCCC2)CC1. The zero-order valence-electron chi connectivity index (χ0n) is 12.3. The molecule has 0 aromatic carbocycles. The van der Waals surface area contributed by atoms with Crippen LogP contribution in [0.25, 0.3) is 0 Å². The molecule has 2 saturated heterocycles. The van der Waals surface area contributed by atoms with Crippen LogP contribution < -0.4 is 0 Å². The number of carboxylic acid groups (broad SMARTS) is 1. The Hall–Kier alpha value is -1.14. The van der Waals surface area contributed by atoms with Crippen molar-refractivity contribution in [2.24, 2.45) is 0 Å². The maximum Gasteiger partial charge on any atom is 0.320 e. The van der Waals surface area contributed by atoms with Crippen LogP contribution in [0.15, 0.2) is 0 Å². The second-order valence-electron chi connectivity index (χ2n) is 5.73. The lowest BCUT2D eigenvalue weighted by Gasteiger charge is -2.36. The van der Waals surface area contributed by atoms with Crippen LogP contribution in [0.4, 0.5) is 0 Å². The van der Waals surface area contributed by atoms with Gasteiger partial charge >= 0.3 is 5.97 Å². The largest absolute Gasteiger partial charge is 0.480 e. The Labute approximate surface area is 120 Å². The summed E-state index contributed by atoms with van der Waals surface area (Å²) in [5, 5.41) is 8.99. The number of rotatable bonds is 5. The van der Waals surface area contributed by atoms with Crippen LogP contribution in [0.5, 0.6) is 0 Å². The molecule has 0 aliphatic carbocycles. The van der Waals surface area contributed by atoms with Crippen LogP contribution in [0.1, 0.15) is 26.2 Å². The van der Waals surface area contributed by atoms with E-state index >= 15 is 0 Å². The number of piperazine rings is 1. The lowest BCUT2D eigenvalue weighted by molar-refractivity contribution is -0.144. The van der Waals surface area contributed by atoms with Crippen LogP contribution >= 0.6 is 0 Å². The number of amides is 1. The summed E-state index contributed by atoms with van der Waals surface area (Å²) in [4.78, 5) is 29.2. The molecule has 1 unspecified atom stereocenters. The molecule has 2 rings (SSSR count). The van der Waals surface area contributed by atoms with Gasteiger partial charge < -0.3 is 14.9 Å². The fourth-order valence-electron chi connectivity index (χ4n) is 2.93. The van der Waals surface area contributed by atoms with Gasteiger partial charge in [-0.1, -0.05) is 0 Å². The molecule has 2 heterocycles. The molecule has 2 fully saturated rings. The van der Waals surface area contributed by atoms with Crippen molar-refractivity contribution in [3.05, 3.63) is 0 Å². The van der Waals surface area contributed by atoms with Gasteiger partial charge in [-0.3, -0.25) is 14.5 Å². The smallest absolute Gasteiger partial charge is 0.320 e. The molecule has 6 heteroatoms. The topological polar surface area (TPSA) is 64.1 Å². The number of carboxylic acids is 1. The van der Waals surface area contributed by atoms with Gasteiger partial charge in [0.15, 0.2) is 0 Å². The molecule has 2 aliphatic heterocycles. The zero-order chi connectivity index (χ0) is 14.5. The van der Waals surface area contributed by atoms with E-state index < -0.39 is 12.0 Å². The highest BCUT2D eigenvalue weighted by atomic mass is 16.4. The second-order valence-corrected chi connectivity index (χ2v) is 5.73. The van der Waals surface area contributed by atoms with Gasteiger partial charge in [-0.05, 0) is 32.9 Å². The number of likely N-dealkylation sites (tertiary alicyclic amines) is 1. The maximum absolute atomic E-state index is 12.1. The van der Waals surface area contributed by atoms with E-state index in [9.17, 15) is 9.59 Å². The van der Waals surface area contributed by atoms with E-state index in [-0.39, 0.29) is 5.91 Å². The van der Waals surface area contributed by atoms with Crippen molar-refractivity contribution in [1.29, 1.82) is 0 Å². The fourth-order valence-corrected chi connectivity index (χ4v) is 2.93. The standard InChI is InChI=1S/C14H25N3O3/c1-12(14(19)20)16-8-10-17(11-9-16)13(18)4-7-15-5-2-3-6-15/h12H,2-11H2,1H3,(H,19,20). The average molecular weight is 283 g/mol. The molecule has 1 N–H and O–H groups in total. The Morgan fingerprint density at radius 1 is 1.05 bits per heavy atom. The zero-order valence-corrected chi connectivity index (χ0v) is 12.3. The summed E-state index contributed by atoms with van der Waals surface area (Å²) in [7, 11) is 0. The van der Waals surface area contributed by atoms with Crippen LogP contribution in [-0.4, -0.2) is 83.5 Å². The summed E-state index contributed by atoms with van der Waals surface area (Å²) in [5.41, 5.74) is 0. The van der Waals surface area contributed by atoms with Crippen LogP contribution in [0, 0.1) is 0 Å². The minimum Gasteiger partial charge on any atom is -0.480 e. The summed E-state index contributed by atoms with van der Waals surface area (Å²) in [5.74, 6) is -0.585. The predicted octanol–water partition coefficient (Wildman–Crippen LogP) is 0.0896. The van der Waals surface area contributed by atoms with Crippen LogP contribution in [-0.2, 0) is 9.59 Å². The highest BCUT2D eigenvalue weighted by molar-refractivity contribution is 5.76. The first-order chi connectivity index (χ1) is 9.58. The molecular weight excluding hydrogens is 258 g/mol. The molecule has 6 nitrogen and oxygen atoms in total. The van der Waals surface area contributed by atoms with Crippen molar-refractivity contribution in [3.8, 4) is 0 Å². The molecule has 1 amide bonds. The molecule has 0 radical (unpaired) electrons. The summed E-state index contributed by atoms with van der Waals surface area (Å²) >= 11 is 0. The average Bonchev–Trinajstić information content (AvgIpc) is 2.97. The molecule has 0 spiro atoms. The minimum atomic E-state index is -0.793. The van der Waals surface area contributed by atoms with E-state index in [2.05, 4.69) is 4.90 Å². The summed E-state index contributed by atoms with van der Waals surface area (Å²) in [6.45, 7) is 7.42. The van der Waals surface area contributed by atoms with Crippen molar-refractivity contribution < 1.29 is 14.7 Å². The van der Waals surface area contributed by atoms with Gasteiger partial charge in [-0.25, -0.2) is 0 Å². The Morgan fingerprint density at radius 2 is 1.65 bits per heavy atom. The quantitative estimate of drug-likeness (QED) is 0.775. The molecule has 0 aromatic heterocycles. The van der Waals surface area contributed by atoms with E-state index in [4.69, 9.17) is 5.11 Å². The van der Waals surface area contributed by atoms with Gasteiger partial charge in [0.2, 0.25) is 5.91 Å². The number of hydrogen-bond donors (Lipinski definition) is 1. The maximum atomic E-state index is 12.1. The molecule has 2 aliphatic rings. The molecule has 0 aromatic rings. The molecular formula is C14H25N3O3. The Morgan fingerprint density at radius 3 is 2.20 bits per heavy atom. The Bertz CT molecular complexity index is 348. The minimum absolute atomic E-state index is 0.208. The van der Waals surface area contributed by atoms with Crippen LogP contribution in [0.3, 0.4) is 0 Å². The van der Waals surface area contributed by atoms with Crippen molar-refractivity contribution in [3.63, 3.8) is 0 Å². The van der Waals surface area contributed by atoms with Crippen molar-refractivity contribution in [2.75, 3.05) is 45.8 Å². The first kappa shape index (κ1) is 15.3. The monoisotopic (exact) mass is 283 g/mol. The fraction of sp³-hybridized carbons (Fsp3) is 0.857. The number of nitrogens with zero attached hydrogens (tertiary/aromatic N) is 3. The van der Waals surface area contributed by atoms with E-state index in [0.717, 1.165) is 19.6 Å². The summed E-state index contributed by atoms with van der Waals surface area (Å²) in [6.07, 6.45) is 3.09. The molecule has 114 valence electrons. The third kappa shape index (κ3) is 3.93. The third-order valence-electron chi connectivity index (χ3n) is 4.41. The van der Waals surface area contributed by atoms with Crippen molar-refractivity contribution in [2.45, 2.75) is 32.2 Å². The van der Waals surface area contributed by atoms with Gasteiger partial charge in [-0.2, -0.15) is 0 Å². The summed E-state index contributed by atoms with van der Waals surface area (Å²) < 4.78 is 0. The normalized spacial score (nSPS) is 22.9. The highest BCUT2D eigenvalue weighted by Crippen LogP contribution is 2.10. The van der Waals surface area contributed by atoms with Gasteiger partial charge in [0.1, 0.15) is 6.04 Å². The highest BCUT2D eigenvalue weighted by Gasteiger charge is 2.27. The van der Waals surface area contributed by atoms with E-state index in [0.29, 0.717) is 32.6 Å². The lowest BCUT2D eigenvalue weighted by Crippen LogP contribution is -2.53. The third-order valence-corrected chi connectivity index (χ3v) is 4.41. The van der Waals surface area contributed by atoms with Gasteiger partial charge in [0.05, 0.1) is 0 Å². The van der Waals surface area contributed by atoms with Gasteiger partial charge in [-0.15, -0.1) is 0 Å². The molecule has 20 heavy (non-hydrogen) atoms. The molecule has 0 bridgehead atoms. The number of aliphatic carboxylic acids is 1. The lowest BCUT2D eigenvalue weighted by atomic mass is 10.2. The van der Waals surface area contributed by atoms with E-state index in [1.165, 1.54) is 12.8 Å². The Balaban J connectivity index is 1.69. The number of carbonyl (C=O) groups is 2. The first-order valence-corrected chi connectivity index (χ1v) is 7.55. The molecule has 1 atom stereocenters. The van der Waals surface area contributed by atoms with Gasteiger partial charge in [0.25, 0.3) is 0 Å². The van der Waals surface area contributed by atoms with Crippen molar-refractivity contribution in [1.82, 2.24) is 14.7 Å². The van der Waals surface area contributed by atoms with Crippen molar-refractivity contribution >= 4 is 11.9 Å². The van der Waals surface area contributed by atoms with E-state index in [1.807, 2.05) is 9.80 Å². The number of carbonyl (C=O) groups excluding carboxylic acids is 1. The predicted molar refractivity (Wildman–Crippen MR) is 75.5 cm³/mol.